The zero-order valence-corrected chi connectivity index (χ0v) is 17.5. The number of hydrogen-bond donors (Lipinski definition) is 1. The fourth-order valence-corrected chi connectivity index (χ4v) is 4.34. The van der Waals surface area contributed by atoms with E-state index in [1.807, 2.05) is 13.0 Å². The minimum absolute atomic E-state index is 0.0377. The highest BCUT2D eigenvalue weighted by molar-refractivity contribution is 6.74. The molecule has 0 radical (unpaired) electrons. The second-order valence-corrected chi connectivity index (χ2v) is 13.9. The van der Waals surface area contributed by atoms with Crippen LogP contribution >= 0.6 is 0 Å². The van der Waals surface area contributed by atoms with Gasteiger partial charge in [-0.25, -0.2) is 0 Å². The molecule has 1 N–H and O–H groups in total. The Hall–Kier alpha value is -0.163. The molecule has 1 aliphatic rings. The second kappa shape index (κ2) is 7.38. The van der Waals surface area contributed by atoms with Crippen molar-refractivity contribution in [1.29, 1.82) is 0 Å². The zero-order chi connectivity index (χ0) is 18.1. The molecule has 0 spiro atoms. The Morgan fingerprint density at radius 3 is 2.39 bits per heavy atom. The third kappa shape index (κ3) is 4.91. The van der Waals surface area contributed by atoms with Crippen molar-refractivity contribution < 1.29 is 14.3 Å². The molecule has 4 atom stereocenters. The first-order chi connectivity index (χ1) is 10.3. The summed E-state index contributed by atoms with van der Waals surface area (Å²) in [6.45, 7) is 21.8. The van der Waals surface area contributed by atoms with Crippen LogP contribution in [0, 0.1) is 5.41 Å². The van der Waals surface area contributed by atoms with Crippen LogP contribution in [0.2, 0.25) is 18.1 Å². The summed E-state index contributed by atoms with van der Waals surface area (Å²) >= 11 is 0. The Balaban J connectivity index is 2.98. The number of aliphatic hydroxyl groups is 1. The molecule has 0 amide bonds. The van der Waals surface area contributed by atoms with Gasteiger partial charge in [0.1, 0.15) is 0 Å². The van der Waals surface area contributed by atoms with Crippen LogP contribution in [0.25, 0.3) is 0 Å². The Labute approximate surface area is 144 Å². The van der Waals surface area contributed by atoms with E-state index in [0.29, 0.717) is 6.42 Å². The van der Waals surface area contributed by atoms with Crippen molar-refractivity contribution in [2.45, 2.75) is 103 Å². The summed E-state index contributed by atoms with van der Waals surface area (Å²) in [4.78, 5) is 0. The van der Waals surface area contributed by atoms with Crippen molar-refractivity contribution in [3.8, 4) is 0 Å². The second-order valence-electron chi connectivity index (χ2n) is 9.14. The standard InChI is InChI=1S/C19H38O3Si/c1-10-14(20)12-15-13-17(19(6,7)16(11-2)21-15)22-23(8,9)18(3,4)5/h11,14-17,20H,2,10,12-13H2,1,3-9H3/t14-,15-,16+,17+/m1/s1. The highest BCUT2D eigenvalue weighted by Gasteiger charge is 2.49. The van der Waals surface area contributed by atoms with E-state index in [2.05, 4.69) is 54.3 Å². The van der Waals surface area contributed by atoms with Gasteiger partial charge in [0, 0.05) is 5.41 Å². The maximum absolute atomic E-state index is 10.0. The van der Waals surface area contributed by atoms with Gasteiger partial charge in [0.25, 0.3) is 0 Å². The summed E-state index contributed by atoms with van der Waals surface area (Å²) in [7, 11) is -1.85. The van der Waals surface area contributed by atoms with Crippen molar-refractivity contribution in [1.82, 2.24) is 0 Å². The summed E-state index contributed by atoms with van der Waals surface area (Å²) in [5.74, 6) is 0. The van der Waals surface area contributed by atoms with E-state index in [1.54, 1.807) is 0 Å². The maximum atomic E-state index is 10.0. The fourth-order valence-electron chi connectivity index (χ4n) is 2.88. The Kier molecular flexibility index (Phi) is 6.70. The van der Waals surface area contributed by atoms with E-state index in [4.69, 9.17) is 9.16 Å². The molecule has 1 saturated heterocycles. The molecule has 1 aliphatic heterocycles. The predicted octanol–water partition coefficient (Wildman–Crippen LogP) is 4.91. The molecule has 0 aromatic carbocycles. The quantitative estimate of drug-likeness (QED) is 0.551. The number of ether oxygens (including phenoxy) is 1. The lowest BCUT2D eigenvalue weighted by Gasteiger charge is -2.51. The number of hydrogen-bond acceptors (Lipinski definition) is 3. The Bertz CT molecular complexity index is 398. The van der Waals surface area contributed by atoms with Gasteiger partial charge in [-0.1, -0.05) is 47.6 Å². The normalized spacial score (nSPS) is 30.0. The van der Waals surface area contributed by atoms with E-state index in [0.717, 1.165) is 12.8 Å². The molecule has 0 aromatic heterocycles. The first-order valence-electron chi connectivity index (χ1n) is 8.99. The average molecular weight is 343 g/mol. The minimum atomic E-state index is -1.85. The Morgan fingerprint density at radius 1 is 1.39 bits per heavy atom. The minimum Gasteiger partial charge on any atom is -0.413 e. The Morgan fingerprint density at radius 2 is 1.96 bits per heavy atom. The monoisotopic (exact) mass is 342 g/mol. The molecule has 23 heavy (non-hydrogen) atoms. The van der Waals surface area contributed by atoms with Crippen LogP contribution in [0.15, 0.2) is 12.7 Å². The molecule has 3 nitrogen and oxygen atoms in total. The van der Waals surface area contributed by atoms with Crippen molar-refractivity contribution in [3.05, 3.63) is 12.7 Å². The van der Waals surface area contributed by atoms with E-state index in [9.17, 15) is 5.11 Å². The van der Waals surface area contributed by atoms with Crippen LogP contribution in [-0.2, 0) is 9.16 Å². The van der Waals surface area contributed by atoms with Crippen LogP contribution in [0.3, 0.4) is 0 Å². The largest absolute Gasteiger partial charge is 0.413 e. The van der Waals surface area contributed by atoms with Crippen LogP contribution in [0.1, 0.15) is 60.8 Å². The van der Waals surface area contributed by atoms with Crippen molar-refractivity contribution in [2.24, 2.45) is 5.41 Å². The summed E-state index contributed by atoms with van der Waals surface area (Å²) in [5, 5.41) is 10.2. The van der Waals surface area contributed by atoms with Crippen LogP contribution in [-0.4, -0.2) is 37.8 Å². The average Bonchev–Trinajstić information content (AvgIpc) is 2.40. The topological polar surface area (TPSA) is 38.7 Å². The molecule has 4 heteroatoms. The van der Waals surface area contributed by atoms with Crippen LogP contribution in [0.4, 0.5) is 0 Å². The molecular formula is C19H38O3Si. The van der Waals surface area contributed by atoms with Gasteiger partial charge in [0.05, 0.1) is 24.4 Å². The molecule has 0 bridgehead atoms. The summed E-state index contributed by atoms with van der Waals surface area (Å²) in [6, 6.07) is 0. The summed E-state index contributed by atoms with van der Waals surface area (Å²) in [6.07, 6.45) is 4.00. The van der Waals surface area contributed by atoms with Gasteiger partial charge >= 0.3 is 0 Å². The van der Waals surface area contributed by atoms with Gasteiger partial charge in [-0.05, 0) is 37.4 Å². The molecule has 136 valence electrons. The lowest BCUT2D eigenvalue weighted by molar-refractivity contribution is -0.157. The lowest BCUT2D eigenvalue weighted by Crippen LogP contribution is -2.56. The molecular weight excluding hydrogens is 304 g/mol. The molecule has 0 aromatic rings. The number of aliphatic hydroxyl groups excluding tert-OH is 1. The first kappa shape index (κ1) is 20.9. The summed E-state index contributed by atoms with van der Waals surface area (Å²) < 4.78 is 13.0. The smallest absolute Gasteiger partial charge is 0.192 e. The predicted molar refractivity (Wildman–Crippen MR) is 100 cm³/mol. The van der Waals surface area contributed by atoms with Crippen LogP contribution < -0.4 is 0 Å². The van der Waals surface area contributed by atoms with Crippen molar-refractivity contribution in [2.75, 3.05) is 0 Å². The third-order valence-electron chi connectivity index (χ3n) is 5.84. The first-order valence-corrected chi connectivity index (χ1v) is 11.9. The molecule has 1 fully saturated rings. The highest BCUT2D eigenvalue weighted by Crippen LogP contribution is 2.45. The summed E-state index contributed by atoms with van der Waals surface area (Å²) in [5.41, 5.74) is -0.106. The van der Waals surface area contributed by atoms with Gasteiger partial charge in [-0.3, -0.25) is 0 Å². The van der Waals surface area contributed by atoms with Crippen LogP contribution in [0.5, 0.6) is 0 Å². The van der Waals surface area contributed by atoms with E-state index >= 15 is 0 Å². The maximum Gasteiger partial charge on any atom is 0.192 e. The van der Waals surface area contributed by atoms with Gasteiger partial charge in [-0.15, -0.1) is 6.58 Å². The van der Waals surface area contributed by atoms with Gasteiger partial charge in [0.2, 0.25) is 0 Å². The lowest BCUT2D eigenvalue weighted by atomic mass is 9.75. The molecule has 0 unspecified atom stereocenters. The molecule has 1 heterocycles. The highest BCUT2D eigenvalue weighted by atomic mass is 28.4. The number of rotatable bonds is 6. The molecule has 1 rings (SSSR count). The van der Waals surface area contributed by atoms with Gasteiger partial charge < -0.3 is 14.3 Å². The van der Waals surface area contributed by atoms with Crippen molar-refractivity contribution in [3.63, 3.8) is 0 Å². The van der Waals surface area contributed by atoms with Crippen molar-refractivity contribution >= 4 is 8.32 Å². The van der Waals surface area contributed by atoms with Gasteiger partial charge in [-0.2, -0.15) is 0 Å². The van der Waals surface area contributed by atoms with E-state index in [-0.39, 0.29) is 34.9 Å². The third-order valence-corrected chi connectivity index (χ3v) is 10.3. The van der Waals surface area contributed by atoms with E-state index < -0.39 is 8.32 Å². The SMILES string of the molecule is C=C[C@@H]1O[C@H](C[C@H](O)CC)C[C@H](O[Si](C)(C)C(C)(C)C)C1(C)C. The fraction of sp³-hybridized carbons (Fsp3) is 0.895. The zero-order valence-electron chi connectivity index (χ0n) is 16.5. The molecule has 0 saturated carbocycles. The van der Waals surface area contributed by atoms with Gasteiger partial charge in [0.15, 0.2) is 8.32 Å². The van der Waals surface area contributed by atoms with E-state index in [1.165, 1.54) is 0 Å². The molecule has 0 aliphatic carbocycles.